The number of ether oxygens (including phenoxy) is 1. The van der Waals surface area contributed by atoms with Crippen molar-refractivity contribution in [3.8, 4) is 5.75 Å². The van der Waals surface area contributed by atoms with Crippen molar-refractivity contribution in [2.75, 3.05) is 7.11 Å². The number of aliphatic hydroxyl groups is 1. The molecule has 1 atom stereocenters. The second-order valence-corrected chi connectivity index (χ2v) is 4.59. The standard InChI is InChI=1S/C13H17FO2/c1-13(15,9-5-3-6-9)12-10(14)7-4-8-11(12)16-2/h4,7-9,15H,3,5-6H2,1-2H3. The summed E-state index contributed by atoms with van der Waals surface area (Å²) < 4.78 is 18.9. The van der Waals surface area contributed by atoms with E-state index in [9.17, 15) is 9.50 Å². The molecule has 0 spiro atoms. The van der Waals surface area contributed by atoms with Crippen LogP contribution >= 0.6 is 0 Å². The fourth-order valence-corrected chi connectivity index (χ4v) is 2.34. The summed E-state index contributed by atoms with van der Waals surface area (Å²) in [6.45, 7) is 1.68. The minimum Gasteiger partial charge on any atom is -0.496 e. The van der Waals surface area contributed by atoms with Crippen LogP contribution < -0.4 is 4.74 Å². The molecule has 1 aromatic rings. The highest BCUT2D eigenvalue weighted by Crippen LogP contribution is 2.45. The van der Waals surface area contributed by atoms with Crippen LogP contribution in [-0.2, 0) is 5.60 Å². The minimum atomic E-state index is -1.13. The van der Waals surface area contributed by atoms with Crippen LogP contribution in [0.2, 0.25) is 0 Å². The van der Waals surface area contributed by atoms with Gasteiger partial charge in [0, 0.05) is 0 Å². The van der Waals surface area contributed by atoms with Gasteiger partial charge >= 0.3 is 0 Å². The maximum Gasteiger partial charge on any atom is 0.133 e. The molecule has 1 saturated carbocycles. The predicted molar refractivity (Wildman–Crippen MR) is 59.9 cm³/mol. The second kappa shape index (κ2) is 4.06. The molecule has 88 valence electrons. The van der Waals surface area contributed by atoms with E-state index in [4.69, 9.17) is 4.74 Å². The first-order valence-corrected chi connectivity index (χ1v) is 5.62. The Hall–Kier alpha value is -1.09. The van der Waals surface area contributed by atoms with Crippen LogP contribution in [-0.4, -0.2) is 12.2 Å². The molecule has 0 aromatic heterocycles. The molecule has 1 aliphatic rings. The Labute approximate surface area is 95.1 Å². The van der Waals surface area contributed by atoms with Gasteiger partial charge in [0.1, 0.15) is 11.6 Å². The van der Waals surface area contributed by atoms with Gasteiger partial charge in [0.05, 0.1) is 18.3 Å². The molecule has 1 fully saturated rings. The molecule has 3 heteroatoms. The first kappa shape index (κ1) is 11.4. The number of halogens is 1. The van der Waals surface area contributed by atoms with Crippen molar-refractivity contribution in [2.24, 2.45) is 5.92 Å². The molecule has 1 aromatic carbocycles. The summed E-state index contributed by atoms with van der Waals surface area (Å²) in [5, 5.41) is 10.5. The van der Waals surface area contributed by atoms with E-state index in [1.54, 1.807) is 19.1 Å². The predicted octanol–water partition coefficient (Wildman–Crippen LogP) is 2.84. The van der Waals surface area contributed by atoms with Crippen LogP contribution in [0.15, 0.2) is 18.2 Å². The van der Waals surface area contributed by atoms with Crippen molar-refractivity contribution >= 4 is 0 Å². The van der Waals surface area contributed by atoms with Gasteiger partial charge in [-0.2, -0.15) is 0 Å². The van der Waals surface area contributed by atoms with Crippen LogP contribution in [0, 0.1) is 11.7 Å². The van der Waals surface area contributed by atoms with E-state index in [1.807, 2.05) is 0 Å². The zero-order valence-corrected chi connectivity index (χ0v) is 9.66. The van der Waals surface area contributed by atoms with Gasteiger partial charge < -0.3 is 9.84 Å². The third-order valence-corrected chi connectivity index (χ3v) is 3.60. The van der Waals surface area contributed by atoms with E-state index < -0.39 is 11.4 Å². The Bertz CT molecular complexity index is 384. The highest BCUT2D eigenvalue weighted by molar-refractivity contribution is 5.39. The lowest BCUT2D eigenvalue weighted by atomic mass is 9.70. The topological polar surface area (TPSA) is 29.5 Å². The van der Waals surface area contributed by atoms with Gasteiger partial charge in [0.2, 0.25) is 0 Å². The van der Waals surface area contributed by atoms with Crippen molar-refractivity contribution < 1.29 is 14.2 Å². The molecule has 2 nitrogen and oxygen atoms in total. The minimum absolute atomic E-state index is 0.137. The van der Waals surface area contributed by atoms with Gasteiger partial charge in [-0.05, 0) is 37.8 Å². The van der Waals surface area contributed by atoms with Gasteiger partial charge in [-0.3, -0.25) is 0 Å². The van der Waals surface area contributed by atoms with Crippen LogP contribution in [0.5, 0.6) is 5.75 Å². The third-order valence-electron chi connectivity index (χ3n) is 3.60. The molecule has 1 N–H and O–H groups in total. The van der Waals surface area contributed by atoms with Crippen LogP contribution in [0.4, 0.5) is 4.39 Å². The monoisotopic (exact) mass is 224 g/mol. The van der Waals surface area contributed by atoms with Gasteiger partial charge in [0.15, 0.2) is 0 Å². The van der Waals surface area contributed by atoms with Gasteiger partial charge in [-0.25, -0.2) is 4.39 Å². The van der Waals surface area contributed by atoms with Gasteiger partial charge in [0.25, 0.3) is 0 Å². The Kier molecular flexibility index (Phi) is 2.89. The average molecular weight is 224 g/mol. The zero-order chi connectivity index (χ0) is 11.8. The normalized spacial score (nSPS) is 20.0. The van der Waals surface area contributed by atoms with Crippen LogP contribution in [0.25, 0.3) is 0 Å². The Morgan fingerprint density at radius 2 is 2.12 bits per heavy atom. The number of rotatable bonds is 3. The van der Waals surface area contributed by atoms with E-state index >= 15 is 0 Å². The molecule has 1 unspecified atom stereocenters. The summed E-state index contributed by atoms with van der Waals surface area (Å²) >= 11 is 0. The molecule has 0 radical (unpaired) electrons. The molecular formula is C13H17FO2. The maximum absolute atomic E-state index is 13.8. The van der Waals surface area contributed by atoms with E-state index in [0.717, 1.165) is 19.3 Å². The van der Waals surface area contributed by atoms with E-state index in [-0.39, 0.29) is 5.92 Å². The van der Waals surface area contributed by atoms with Crippen molar-refractivity contribution in [1.29, 1.82) is 0 Å². The Morgan fingerprint density at radius 3 is 2.62 bits per heavy atom. The quantitative estimate of drug-likeness (QED) is 0.855. The van der Waals surface area contributed by atoms with Crippen LogP contribution in [0.3, 0.4) is 0 Å². The van der Waals surface area contributed by atoms with Crippen molar-refractivity contribution in [1.82, 2.24) is 0 Å². The summed E-state index contributed by atoms with van der Waals surface area (Å²) in [4.78, 5) is 0. The summed E-state index contributed by atoms with van der Waals surface area (Å²) in [6, 6.07) is 4.64. The number of benzene rings is 1. The molecule has 0 heterocycles. The van der Waals surface area contributed by atoms with Gasteiger partial charge in [-0.1, -0.05) is 12.5 Å². The SMILES string of the molecule is COc1cccc(F)c1C(C)(O)C1CCC1. The highest BCUT2D eigenvalue weighted by Gasteiger charge is 2.41. The van der Waals surface area contributed by atoms with Crippen molar-refractivity contribution in [2.45, 2.75) is 31.8 Å². The molecule has 16 heavy (non-hydrogen) atoms. The molecule has 0 bridgehead atoms. The number of hydrogen-bond donors (Lipinski definition) is 1. The Balaban J connectivity index is 2.44. The molecule has 0 saturated heterocycles. The van der Waals surface area contributed by atoms with Crippen LogP contribution in [0.1, 0.15) is 31.7 Å². The lowest BCUT2D eigenvalue weighted by Crippen LogP contribution is -2.37. The fraction of sp³-hybridized carbons (Fsp3) is 0.538. The lowest BCUT2D eigenvalue weighted by Gasteiger charge is -2.39. The fourth-order valence-electron chi connectivity index (χ4n) is 2.34. The van der Waals surface area contributed by atoms with Crippen molar-refractivity contribution in [3.05, 3.63) is 29.6 Å². The van der Waals surface area contributed by atoms with E-state index in [0.29, 0.717) is 11.3 Å². The highest BCUT2D eigenvalue weighted by atomic mass is 19.1. The van der Waals surface area contributed by atoms with E-state index in [1.165, 1.54) is 13.2 Å². The smallest absolute Gasteiger partial charge is 0.133 e. The molecule has 1 aliphatic carbocycles. The summed E-state index contributed by atoms with van der Waals surface area (Å²) in [5.74, 6) is 0.173. The molecule has 0 amide bonds. The maximum atomic E-state index is 13.8. The molecular weight excluding hydrogens is 207 g/mol. The number of methoxy groups -OCH3 is 1. The zero-order valence-electron chi connectivity index (χ0n) is 9.66. The van der Waals surface area contributed by atoms with Gasteiger partial charge in [-0.15, -0.1) is 0 Å². The summed E-state index contributed by atoms with van der Waals surface area (Å²) in [6.07, 6.45) is 3.01. The number of hydrogen-bond acceptors (Lipinski definition) is 2. The molecule has 0 aliphatic heterocycles. The largest absolute Gasteiger partial charge is 0.496 e. The van der Waals surface area contributed by atoms with Crippen molar-refractivity contribution in [3.63, 3.8) is 0 Å². The first-order valence-electron chi connectivity index (χ1n) is 5.62. The third kappa shape index (κ3) is 1.69. The Morgan fingerprint density at radius 1 is 1.44 bits per heavy atom. The second-order valence-electron chi connectivity index (χ2n) is 4.59. The van der Waals surface area contributed by atoms with E-state index in [2.05, 4.69) is 0 Å². The average Bonchev–Trinajstić information content (AvgIpc) is 2.13. The summed E-state index contributed by atoms with van der Waals surface area (Å²) in [5.41, 5.74) is -0.836. The lowest BCUT2D eigenvalue weighted by molar-refractivity contribution is -0.0440. The molecule has 2 rings (SSSR count). The first-order chi connectivity index (χ1) is 7.57. The summed E-state index contributed by atoms with van der Waals surface area (Å²) in [7, 11) is 1.50.